The first kappa shape index (κ1) is 29.3. The molecule has 6 heteroatoms. The van der Waals surface area contributed by atoms with Crippen LogP contribution in [0.15, 0.2) is 84.9 Å². The van der Waals surface area contributed by atoms with Crippen molar-refractivity contribution in [2.75, 3.05) is 0 Å². The number of halogens is 1. The standard InChI is InChI=1S/C36H35ClN2O3/c1-5-9-23(22-10-7-6-8-11-22)19-33(40)24-12-15-28(30(18-24)35(41)42)27-16-14-26(37)21-29(27)34-38-31-17-13-25(36(2,3)4)20-32(31)39-34/h6-8,10-18,20-21,23H,5,9,19H2,1-4H3,(H,38,39)(H,41,42)/t23-/m0/s1. The van der Waals surface area contributed by atoms with Gasteiger partial charge in [-0.1, -0.05) is 100 Å². The molecule has 0 amide bonds. The summed E-state index contributed by atoms with van der Waals surface area (Å²) in [5.74, 6) is -0.510. The van der Waals surface area contributed by atoms with E-state index in [9.17, 15) is 14.7 Å². The third-order valence-electron chi connectivity index (χ3n) is 7.79. The Morgan fingerprint density at radius 2 is 1.64 bits per heavy atom. The molecule has 0 saturated heterocycles. The summed E-state index contributed by atoms with van der Waals surface area (Å²) in [7, 11) is 0. The van der Waals surface area contributed by atoms with Crippen molar-refractivity contribution in [1.29, 1.82) is 0 Å². The Balaban J connectivity index is 1.54. The number of Topliss-reactive ketones (excluding diaryl/α,β-unsaturated/α-hetero) is 1. The number of rotatable bonds is 9. The lowest BCUT2D eigenvalue weighted by Gasteiger charge is -2.18. The lowest BCUT2D eigenvalue weighted by Crippen LogP contribution is -2.10. The number of carbonyl (C=O) groups is 2. The molecule has 5 nitrogen and oxygen atoms in total. The fourth-order valence-electron chi connectivity index (χ4n) is 5.48. The Morgan fingerprint density at radius 1 is 0.905 bits per heavy atom. The quantitative estimate of drug-likeness (QED) is 0.170. The monoisotopic (exact) mass is 578 g/mol. The third-order valence-corrected chi connectivity index (χ3v) is 8.02. The van der Waals surface area contributed by atoms with E-state index < -0.39 is 5.97 Å². The van der Waals surface area contributed by atoms with Gasteiger partial charge in [-0.05, 0) is 70.3 Å². The first-order valence-corrected chi connectivity index (χ1v) is 14.7. The Hall–Kier alpha value is -4.22. The van der Waals surface area contributed by atoms with E-state index in [1.165, 1.54) is 11.6 Å². The van der Waals surface area contributed by atoms with Crippen molar-refractivity contribution in [1.82, 2.24) is 9.97 Å². The minimum absolute atomic E-state index is 0.0199. The number of benzene rings is 4. The second-order valence-corrected chi connectivity index (χ2v) is 12.3. The van der Waals surface area contributed by atoms with Crippen LogP contribution in [0.5, 0.6) is 0 Å². The highest BCUT2D eigenvalue weighted by atomic mass is 35.5. The number of nitrogens with zero attached hydrogens (tertiary/aromatic N) is 1. The smallest absolute Gasteiger partial charge is 0.336 e. The van der Waals surface area contributed by atoms with Crippen LogP contribution in [0.2, 0.25) is 5.02 Å². The van der Waals surface area contributed by atoms with Crippen molar-refractivity contribution in [3.63, 3.8) is 0 Å². The van der Waals surface area contributed by atoms with Crippen LogP contribution in [0.4, 0.5) is 0 Å². The number of carboxylic acids is 1. The number of imidazole rings is 1. The highest BCUT2D eigenvalue weighted by Gasteiger charge is 2.22. The highest BCUT2D eigenvalue weighted by molar-refractivity contribution is 6.31. The summed E-state index contributed by atoms with van der Waals surface area (Å²) in [6.45, 7) is 8.59. The normalized spacial score (nSPS) is 12.4. The zero-order chi connectivity index (χ0) is 30.0. The Bertz CT molecular complexity index is 1770. The van der Waals surface area contributed by atoms with E-state index in [1.54, 1.807) is 30.3 Å². The minimum atomic E-state index is -1.10. The van der Waals surface area contributed by atoms with Crippen LogP contribution in [0, 0.1) is 0 Å². The molecule has 0 bridgehead atoms. The number of ketones is 1. The maximum Gasteiger partial charge on any atom is 0.336 e. The molecule has 0 fully saturated rings. The Morgan fingerprint density at radius 3 is 2.33 bits per heavy atom. The zero-order valence-corrected chi connectivity index (χ0v) is 25.1. The van der Waals surface area contributed by atoms with Crippen molar-refractivity contribution in [3.05, 3.63) is 112 Å². The molecule has 5 aromatic rings. The first-order valence-electron chi connectivity index (χ1n) is 14.3. The van der Waals surface area contributed by atoms with Gasteiger partial charge in [0.25, 0.3) is 0 Å². The molecule has 42 heavy (non-hydrogen) atoms. The minimum Gasteiger partial charge on any atom is -0.478 e. The van der Waals surface area contributed by atoms with Crippen LogP contribution in [0.1, 0.15) is 84.7 Å². The summed E-state index contributed by atoms with van der Waals surface area (Å²) in [5.41, 5.74) is 6.27. The maximum atomic E-state index is 13.4. The van der Waals surface area contributed by atoms with E-state index in [4.69, 9.17) is 16.6 Å². The molecule has 1 aromatic heterocycles. The predicted octanol–water partition coefficient (Wildman–Crippen LogP) is 9.70. The second kappa shape index (κ2) is 11.9. The molecule has 1 heterocycles. The van der Waals surface area contributed by atoms with Gasteiger partial charge in [0, 0.05) is 22.6 Å². The van der Waals surface area contributed by atoms with Gasteiger partial charge in [0.05, 0.1) is 16.6 Å². The molecular weight excluding hydrogens is 544 g/mol. The van der Waals surface area contributed by atoms with E-state index in [1.807, 2.05) is 36.4 Å². The van der Waals surface area contributed by atoms with Gasteiger partial charge >= 0.3 is 5.97 Å². The number of aromatic amines is 1. The van der Waals surface area contributed by atoms with Gasteiger partial charge in [-0.15, -0.1) is 0 Å². The van der Waals surface area contributed by atoms with Crippen LogP contribution in [0.3, 0.4) is 0 Å². The van der Waals surface area contributed by atoms with E-state index in [-0.39, 0.29) is 22.7 Å². The first-order chi connectivity index (χ1) is 20.0. The van der Waals surface area contributed by atoms with E-state index in [0.717, 1.165) is 29.4 Å². The van der Waals surface area contributed by atoms with Crippen LogP contribution in [-0.2, 0) is 5.41 Å². The third kappa shape index (κ3) is 6.17. The number of fused-ring (bicyclic) bond motifs is 1. The molecule has 5 rings (SSSR count). The van der Waals surface area contributed by atoms with Gasteiger partial charge in [-0.25, -0.2) is 9.78 Å². The molecule has 1 atom stereocenters. The lowest BCUT2D eigenvalue weighted by atomic mass is 9.87. The van der Waals surface area contributed by atoms with Crippen molar-refractivity contribution >= 4 is 34.4 Å². The van der Waals surface area contributed by atoms with Crippen molar-refractivity contribution in [2.24, 2.45) is 0 Å². The van der Waals surface area contributed by atoms with Crippen molar-refractivity contribution in [2.45, 2.75) is 58.3 Å². The number of aromatic nitrogens is 2. The van der Waals surface area contributed by atoms with Gasteiger partial charge in [-0.2, -0.15) is 0 Å². The fourth-order valence-corrected chi connectivity index (χ4v) is 5.65. The zero-order valence-electron chi connectivity index (χ0n) is 24.4. The van der Waals surface area contributed by atoms with Crippen LogP contribution in [-0.4, -0.2) is 26.8 Å². The topological polar surface area (TPSA) is 83.0 Å². The summed E-state index contributed by atoms with van der Waals surface area (Å²) < 4.78 is 0. The number of carboxylic acid groups (broad SMARTS) is 1. The number of H-pyrrole nitrogens is 1. The van der Waals surface area contributed by atoms with Gasteiger partial charge < -0.3 is 10.1 Å². The molecule has 214 valence electrons. The van der Waals surface area contributed by atoms with Gasteiger partial charge in [-0.3, -0.25) is 4.79 Å². The van der Waals surface area contributed by atoms with Crippen LogP contribution >= 0.6 is 11.6 Å². The summed E-state index contributed by atoms with van der Waals surface area (Å²) in [5, 5.41) is 10.8. The fraction of sp³-hybridized carbons (Fsp3) is 0.250. The van der Waals surface area contributed by atoms with Crippen molar-refractivity contribution < 1.29 is 14.7 Å². The Labute approximate surface area is 251 Å². The molecule has 2 N–H and O–H groups in total. The summed E-state index contributed by atoms with van der Waals surface area (Å²) in [6.07, 6.45) is 2.14. The second-order valence-electron chi connectivity index (χ2n) is 11.8. The van der Waals surface area contributed by atoms with Gasteiger partial charge in [0.1, 0.15) is 5.82 Å². The Kier molecular flexibility index (Phi) is 8.33. The molecule has 0 aliphatic heterocycles. The van der Waals surface area contributed by atoms with E-state index >= 15 is 0 Å². The molecule has 0 unspecified atom stereocenters. The molecular formula is C36H35ClN2O3. The summed E-state index contributed by atoms with van der Waals surface area (Å²) in [6, 6.07) is 26.5. The number of hydrogen-bond donors (Lipinski definition) is 2. The molecule has 0 radical (unpaired) electrons. The largest absolute Gasteiger partial charge is 0.478 e. The van der Waals surface area contributed by atoms with Gasteiger partial charge in [0.15, 0.2) is 5.78 Å². The summed E-state index contributed by atoms with van der Waals surface area (Å²) >= 11 is 6.43. The maximum absolute atomic E-state index is 13.4. The van der Waals surface area contributed by atoms with E-state index in [2.05, 4.69) is 44.8 Å². The average Bonchev–Trinajstić information content (AvgIpc) is 3.40. The number of carbonyl (C=O) groups excluding carboxylic acids is 1. The van der Waals surface area contributed by atoms with Crippen LogP contribution in [0.25, 0.3) is 33.5 Å². The average molecular weight is 579 g/mol. The van der Waals surface area contributed by atoms with Gasteiger partial charge in [0.2, 0.25) is 0 Å². The summed E-state index contributed by atoms with van der Waals surface area (Å²) in [4.78, 5) is 34.2. The number of hydrogen-bond acceptors (Lipinski definition) is 3. The molecule has 0 spiro atoms. The van der Waals surface area contributed by atoms with Crippen molar-refractivity contribution in [3.8, 4) is 22.5 Å². The molecule has 0 aliphatic rings. The lowest BCUT2D eigenvalue weighted by molar-refractivity contribution is 0.0697. The highest BCUT2D eigenvalue weighted by Crippen LogP contribution is 2.37. The molecule has 0 aliphatic carbocycles. The predicted molar refractivity (Wildman–Crippen MR) is 171 cm³/mol. The molecule has 4 aromatic carbocycles. The number of nitrogens with one attached hydrogen (secondary N) is 1. The molecule has 0 saturated carbocycles. The number of aromatic carboxylic acids is 1. The van der Waals surface area contributed by atoms with E-state index in [0.29, 0.717) is 39.5 Å². The van der Waals surface area contributed by atoms with Crippen LogP contribution < -0.4 is 0 Å². The SMILES string of the molecule is CCC[C@@H](CC(=O)c1ccc(-c2ccc(Cl)cc2-c2nc3ccc(C(C)(C)C)cc3[nH]2)c(C(=O)O)c1)c1ccccc1.